The molecule has 0 saturated carbocycles. The predicted molar refractivity (Wildman–Crippen MR) is 120 cm³/mol. The molecule has 2 rings (SSSR count). The molecule has 1 aromatic carbocycles. The van der Waals surface area contributed by atoms with Crippen LogP contribution >= 0.6 is 24.0 Å². The summed E-state index contributed by atoms with van der Waals surface area (Å²) in [5, 5.41) is 6.62. The minimum Gasteiger partial charge on any atom is -0.494 e. The van der Waals surface area contributed by atoms with Gasteiger partial charge in [0.15, 0.2) is 5.96 Å². The van der Waals surface area contributed by atoms with Crippen LogP contribution in [0.25, 0.3) is 0 Å². The van der Waals surface area contributed by atoms with Crippen LogP contribution in [0.5, 0.6) is 17.4 Å². The van der Waals surface area contributed by atoms with Gasteiger partial charge in [-0.1, -0.05) is 0 Å². The number of hydrogen-bond donors (Lipinski definition) is 2. The van der Waals surface area contributed by atoms with Gasteiger partial charge in [0.2, 0.25) is 5.88 Å². The molecule has 7 heteroatoms. The summed E-state index contributed by atoms with van der Waals surface area (Å²) < 4.78 is 11.3. The number of rotatable bonds is 6. The molecule has 0 aliphatic rings. The summed E-state index contributed by atoms with van der Waals surface area (Å²) in [7, 11) is 1.76. The molecule has 0 bridgehead atoms. The van der Waals surface area contributed by atoms with Crippen molar-refractivity contribution < 1.29 is 9.47 Å². The predicted octanol–water partition coefficient (Wildman–Crippen LogP) is 4.35. The normalized spacial score (nSPS) is 11.4. The Labute approximate surface area is 178 Å². The maximum atomic E-state index is 5.83. The highest BCUT2D eigenvalue weighted by Gasteiger charge is 2.11. The van der Waals surface area contributed by atoms with Gasteiger partial charge in [-0.15, -0.1) is 24.0 Å². The molecule has 2 aromatic rings. The Morgan fingerprint density at radius 2 is 1.78 bits per heavy atom. The Morgan fingerprint density at radius 1 is 1.11 bits per heavy atom. The lowest BCUT2D eigenvalue weighted by Gasteiger charge is -2.23. The van der Waals surface area contributed by atoms with E-state index in [9.17, 15) is 0 Å². The molecule has 0 fully saturated rings. The van der Waals surface area contributed by atoms with Crippen LogP contribution in [0.1, 0.15) is 33.3 Å². The summed E-state index contributed by atoms with van der Waals surface area (Å²) in [6, 6.07) is 11.4. The number of nitrogens with one attached hydrogen (secondary N) is 2. The van der Waals surface area contributed by atoms with E-state index in [0.29, 0.717) is 19.0 Å². The molecule has 27 heavy (non-hydrogen) atoms. The number of benzene rings is 1. The third kappa shape index (κ3) is 8.47. The molecule has 0 spiro atoms. The molecular formula is C20H29IN4O2. The van der Waals surface area contributed by atoms with Crippen molar-refractivity contribution in [2.24, 2.45) is 4.99 Å². The highest BCUT2D eigenvalue weighted by molar-refractivity contribution is 14.0. The van der Waals surface area contributed by atoms with Gasteiger partial charge in [0.1, 0.15) is 11.5 Å². The highest BCUT2D eigenvalue weighted by atomic mass is 127. The van der Waals surface area contributed by atoms with Crippen molar-refractivity contribution in [2.75, 3.05) is 13.7 Å². The van der Waals surface area contributed by atoms with Crippen molar-refractivity contribution in [3.8, 4) is 17.4 Å². The van der Waals surface area contributed by atoms with Gasteiger partial charge in [0.25, 0.3) is 0 Å². The fourth-order valence-corrected chi connectivity index (χ4v) is 2.23. The van der Waals surface area contributed by atoms with Crippen LogP contribution in [0.3, 0.4) is 0 Å². The molecule has 0 unspecified atom stereocenters. The first-order chi connectivity index (χ1) is 12.4. The second-order valence-electron chi connectivity index (χ2n) is 6.81. The molecule has 1 heterocycles. The van der Waals surface area contributed by atoms with Crippen molar-refractivity contribution >= 4 is 29.9 Å². The van der Waals surface area contributed by atoms with E-state index >= 15 is 0 Å². The number of aliphatic imine (C=N–C) groups is 1. The molecule has 1 aromatic heterocycles. The van der Waals surface area contributed by atoms with E-state index in [-0.39, 0.29) is 29.5 Å². The summed E-state index contributed by atoms with van der Waals surface area (Å²) in [5.41, 5.74) is 1.000. The number of hydrogen-bond acceptors (Lipinski definition) is 4. The molecule has 0 aliphatic heterocycles. The number of halogens is 1. The number of guanidine groups is 1. The van der Waals surface area contributed by atoms with Crippen molar-refractivity contribution in [1.29, 1.82) is 0 Å². The van der Waals surface area contributed by atoms with Gasteiger partial charge >= 0.3 is 0 Å². The van der Waals surface area contributed by atoms with Gasteiger partial charge in [-0.2, -0.15) is 0 Å². The Balaban J connectivity index is 0.00000364. The zero-order valence-electron chi connectivity index (χ0n) is 16.6. The topological polar surface area (TPSA) is 67.8 Å². The fourth-order valence-electron chi connectivity index (χ4n) is 2.23. The average molecular weight is 484 g/mol. The molecule has 2 N–H and O–H groups in total. The van der Waals surface area contributed by atoms with Gasteiger partial charge in [-0.05, 0) is 63.6 Å². The number of ether oxygens (including phenoxy) is 2. The quantitative estimate of drug-likeness (QED) is 0.363. The maximum Gasteiger partial charge on any atom is 0.219 e. The molecular weight excluding hydrogens is 455 g/mol. The monoisotopic (exact) mass is 484 g/mol. The van der Waals surface area contributed by atoms with Gasteiger partial charge in [-0.3, -0.25) is 4.99 Å². The van der Waals surface area contributed by atoms with Crippen molar-refractivity contribution in [3.05, 3.63) is 48.2 Å². The number of aromatic nitrogens is 1. The molecule has 0 amide bonds. The lowest BCUT2D eigenvalue weighted by atomic mass is 10.1. The molecule has 0 atom stereocenters. The minimum atomic E-state index is -0.0536. The van der Waals surface area contributed by atoms with Crippen LogP contribution < -0.4 is 20.1 Å². The van der Waals surface area contributed by atoms with Crippen molar-refractivity contribution in [2.45, 2.75) is 39.8 Å². The van der Waals surface area contributed by atoms with Gasteiger partial charge in [0.05, 0.1) is 6.61 Å². The Morgan fingerprint density at radius 3 is 2.37 bits per heavy atom. The first kappa shape index (κ1) is 23.0. The smallest absolute Gasteiger partial charge is 0.219 e. The van der Waals surface area contributed by atoms with E-state index in [1.54, 1.807) is 13.2 Å². The fraction of sp³-hybridized carbons (Fsp3) is 0.400. The summed E-state index contributed by atoms with van der Waals surface area (Å²) in [5.74, 6) is 2.84. The Bertz CT molecular complexity index is 728. The highest BCUT2D eigenvalue weighted by Crippen LogP contribution is 2.23. The van der Waals surface area contributed by atoms with Crippen LogP contribution in [0.4, 0.5) is 0 Å². The SMILES string of the molecule is CCOc1ccc(Oc2cc(CNC(=NC)NC(C)(C)C)ccn2)cc1.I. The van der Waals surface area contributed by atoms with Crippen LogP contribution in [-0.2, 0) is 6.54 Å². The van der Waals surface area contributed by atoms with E-state index in [0.717, 1.165) is 23.0 Å². The Hall–Kier alpha value is -2.03. The first-order valence-electron chi connectivity index (χ1n) is 8.74. The van der Waals surface area contributed by atoms with Crippen molar-refractivity contribution in [1.82, 2.24) is 15.6 Å². The summed E-state index contributed by atoms with van der Waals surface area (Å²) >= 11 is 0. The van der Waals surface area contributed by atoms with Crippen molar-refractivity contribution in [3.63, 3.8) is 0 Å². The van der Waals surface area contributed by atoms with Crippen LogP contribution in [0.2, 0.25) is 0 Å². The van der Waals surface area contributed by atoms with E-state index in [1.807, 2.05) is 43.3 Å². The lowest BCUT2D eigenvalue weighted by Crippen LogP contribution is -2.47. The zero-order valence-corrected chi connectivity index (χ0v) is 18.9. The third-order valence-corrected chi connectivity index (χ3v) is 3.33. The van der Waals surface area contributed by atoms with Gasteiger partial charge in [0, 0.05) is 31.4 Å². The van der Waals surface area contributed by atoms with Gasteiger partial charge < -0.3 is 20.1 Å². The third-order valence-electron chi connectivity index (χ3n) is 3.33. The van der Waals surface area contributed by atoms with Crippen LogP contribution in [0, 0.1) is 0 Å². The molecule has 0 radical (unpaired) electrons. The standard InChI is InChI=1S/C20H28N4O2.HI/c1-6-25-16-7-9-17(10-8-16)26-18-13-15(11-12-22-18)14-23-19(21-5)24-20(2,3)4;/h7-13H,6,14H2,1-5H3,(H2,21,23,24);1H. The minimum absolute atomic E-state index is 0. The van der Waals surface area contributed by atoms with E-state index < -0.39 is 0 Å². The van der Waals surface area contributed by atoms with Gasteiger partial charge in [-0.25, -0.2) is 4.98 Å². The summed E-state index contributed by atoms with van der Waals surface area (Å²) in [6.07, 6.45) is 1.74. The number of nitrogens with zero attached hydrogens (tertiary/aromatic N) is 2. The number of pyridine rings is 1. The average Bonchev–Trinajstić information content (AvgIpc) is 2.60. The molecule has 6 nitrogen and oxygen atoms in total. The molecule has 0 aliphatic carbocycles. The molecule has 0 saturated heterocycles. The van der Waals surface area contributed by atoms with E-state index in [2.05, 4.69) is 41.4 Å². The summed E-state index contributed by atoms with van der Waals surface area (Å²) in [6.45, 7) is 9.50. The van der Waals surface area contributed by atoms with E-state index in [4.69, 9.17) is 9.47 Å². The van der Waals surface area contributed by atoms with E-state index in [1.165, 1.54) is 0 Å². The van der Waals surface area contributed by atoms with Crippen LogP contribution in [-0.4, -0.2) is 30.1 Å². The molecule has 148 valence electrons. The largest absolute Gasteiger partial charge is 0.494 e. The second kappa shape index (κ2) is 11.0. The summed E-state index contributed by atoms with van der Waals surface area (Å²) in [4.78, 5) is 8.51. The second-order valence-corrected chi connectivity index (χ2v) is 6.81. The van der Waals surface area contributed by atoms with Crippen LogP contribution in [0.15, 0.2) is 47.6 Å². The maximum absolute atomic E-state index is 5.83. The lowest BCUT2D eigenvalue weighted by molar-refractivity contribution is 0.339. The first-order valence-corrected chi connectivity index (χ1v) is 8.74. The Kier molecular flexibility index (Phi) is 9.34. The zero-order chi connectivity index (χ0) is 19.0.